The number of hydrogen-bond acceptors (Lipinski definition) is 3. The van der Waals surface area contributed by atoms with Gasteiger partial charge in [0.1, 0.15) is 5.82 Å². The van der Waals surface area contributed by atoms with Crippen molar-refractivity contribution in [2.24, 2.45) is 0 Å². The van der Waals surface area contributed by atoms with E-state index in [0.29, 0.717) is 5.02 Å². The van der Waals surface area contributed by atoms with Crippen LogP contribution in [-0.2, 0) is 10.0 Å². The molecule has 26 heavy (non-hydrogen) atoms. The van der Waals surface area contributed by atoms with Gasteiger partial charge in [0.05, 0.1) is 15.5 Å². The van der Waals surface area contributed by atoms with Crippen LogP contribution in [0.1, 0.15) is 10.4 Å². The molecule has 1 aliphatic heterocycles. The van der Waals surface area contributed by atoms with Gasteiger partial charge in [-0.15, -0.1) is 0 Å². The highest BCUT2D eigenvalue weighted by Gasteiger charge is 2.31. The van der Waals surface area contributed by atoms with Crippen molar-refractivity contribution in [1.82, 2.24) is 9.21 Å². The molecule has 2 aromatic carbocycles. The third kappa shape index (κ3) is 3.71. The molecule has 1 aliphatic rings. The smallest absolute Gasteiger partial charge is 0.258 e. The molecule has 5 nitrogen and oxygen atoms in total. The summed E-state index contributed by atoms with van der Waals surface area (Å²) in [5, 5.41) is 0.479. The number of piperazine rings is 1. The molecule has 0 aliphatic carbocycles. The lowest BCUT2D eigenvalue weighted by atomic mass is 10.1. The Labute approximate surface area is 161 Å². The molecule has 0 spiro atoms. The number of benzene rings is 2. The zero-order valence-corrected chi connectivity index (χ0v) is 15.9. The van der Waals surface area contributed by atoms with E-state index in [4.69, 9.17) is 23.2 Å². The Morgan fingerprint density at radius 3 is 2.15 bits per heavy atom. The van der Waals surface area contributed by atoms with Crippen molar-refractivity contribution < 1.29 is 17.6 Å². The van der Waals surface area contributed by atoms with Gasteiger partial charge in [0.15, 0.2) is 0 Å². The summed E-state index contributed by atoms with van der Waals surface area (Å²) < 4.78 is 40.5. The summed E-state index contributed by atoms with van der Waals surface area (Å²) in [6, 6.07) is 9.93. The fourth-order valence-corrected chi connectivity index (χ4v) is 4.54. The Morgan fingerprint density at radius 1 is 0.962 bits per heavy atom. The van der Waals surface area contributed by atoms with Crippen molar-refractivity contribution in [2.75, 3.05) is 26.2 Å². The number of halogens is 3. The van der Waals surface area contributed by atoms with Crippen molar-refractivity contribution in [1.29, 1.82) is 0 Å². The van der Waals surface area contributed by atoms with Crippen LogP contribution in [0.5, 0.6) is 0 Å². The maximum atomic E-state index is 13.9. The van der Waals surface area contributed by atoms with Gasteiger partial charge in [0.25, 0.3) is 5.91 Å². The number of rotatable bonds is 3. The molecule has 0 radical (unpaired) electrons. The summed E-state index contributed by atoms with van der Waals surface area (Å²) in [5.74, 6) is -1.24. The summed E-state index contributed by atoms with van der Waals surface area (Å²) in [7, 11) is -3.67. The lowest BCUT2D eigenvalue weighted by Gasteiger charge is -2.34. The molecule has 138 valence electrons. The second kappa shape index (κ2) is 7.52. The summed E-state index contributed by atoms with van der Waals surface area (Å²) in [4.78, 5) is 14.1. The van der Waals surface area contributed by atoms with E-state index in [-0.39, 0.29) is 41.7 Å². The first-order valence-electron chi connectivity index (χ1n) is 7.80. The Kier molecular flexibility index (Phi) is 5.53. The standard InChI is InChI=1S/C17H15Cl2FN2O3S/c18-12-4-6-13(7-5-12)26(24,25)22-10-8-21(9-11-22)17(23)16-14(19)2-1-3-15(16)20/h1-7H,8-11H2. The fourth-order valence-electron chi connectivity index (χ4n) is 2.75. The van der Waals surface area contributed by atoms with E-state index >= 15 is 0 Å². The molecule has 0 atom stereocenters. The zero-order valence-electron chi connectivity index (χ0n) is 13.5. The van der Waals surface area contributed by atoms with E-state index in [9.17, 15) is 17.6 Å². The largest absolute Gasteiger partial charge is 0.336 e. The summed E-state index contributed by atoms with van der Waals surface area (Å²) in [6.07, 6.45) is 0. The minimum atomic E-state index is -3.67. The molecular formula is C17H15Cl2FN2O3S. The lowest BCUT2D eigenvalue weighted by Crippen LogP contribution is -2.50. The molecule has 1 amide bonds. The van der Waals surface area contributed by atoms with Gasteiger partial charge in [-0.05, 0) is 36.4 Å². The van der Waals surface area contributed by atoms with Crippen LogP contribution in [0.3, 0.4) is 0 Å². The van der Waals surface area contributed by atoms with Crippen LogP contribution in [0, 0.1) is 5.82 Å². The van der Waals surface area contributed by atoms with E-state index < -0.39 is 21.7 Å². The van der Waals surface area contributed by atoms with Crippen LogP contribution in [0.2, 0.25) is 10.0 Å². The van der Waals surface area contributed by atoms with E-state index in [0.717, 1.165) is 0 Å². The van der Waals surface area contributed by atoms with Crippen LogP contribution in [-0.4, -0.2) is 49.7 Å². The summed E-state index contributed by atoms with van der Waals surface area (Å²) >= 11 is 11.7. The van der Waals surface area contributed by atoms with Crippen molar-refractivity contribution in [3.05, 3.63) is 63.9 Å². The third-order valence-electron chi connectivity index (χ3n) is 4.15. The highest BCUT2D eigenvalue weighted by molar-refractivity contribution is 7.89. The predicted octanol–water partition coefficient (Wildman–Crippen LogP) is 3.28. The second-order valence-electron chi connectivity index (χ2n) is 5.75. The monoisotopic (exact) mass is 416 g/mol. The Morgan fingerprint density at radius 2 is 1.58 bits per heavy atom. The Bertz CT molecular complexity index is 907. The fraction of sp³-hybridized carbons (Fsp3) is 0.235. The van der Waals surface area contributed by atoms with E-state index in [1.54, 1.807) is 0 Å². The topological polar surface area (TPSA) is 57.7 Å². The van der Waals surface area contributed by atoms with Gasteiger partial charge in [-0.2, -0.15) is 4.31 Å². The molecule has 2 aromatic rings. The van der Waals surface area contributed by atoms with Gasteiger partial charge in [0, 0.05) is 31.2 Å². The third-order valence-corrected chi connectivity index (χ3v) is 6.63. The number of carbonyl (C=O) groups is 1. The van der Waals surface area contributed by atoms with Crippen LogP contribution < -0.4 is 0 Å². The molecular weight excluding hydrogens is 402 g/mol. The lowest BCUT2D eigenvalue weighted by molar-refractivity contribution is 0.0693. The molecule has 3 rings (SSSR count). The van der Waals surface area contributed by atoms with E-state index in [1.807, 2.05) is 0 Å². The first-order valence-corrected chi connectivity index (χ1v) is 9.99. The first-order chi connectivity index (χ1) is 12.3. The van der Waals surface area contributed by atoms with Gasteiger partial charge >= 0.3 is 0 Å². The van der Waals surface area contributed by atoms with Crippen molar-refractivity contribution >= 4 is 39.1 Å². The van der Waals surface area contributed by atoms with E-state index in [1.165, 1.54) is 51.7 Å². The van der Waals surface area contributed by atoms with Crippen molar-refractivity contribution in [3.63, 3.8) is 0 Å². The van der Waals surface area contributed by atoms with Gasteiger partial charge in [-0.3, -0.25) is 4.79 Å². The van der Waals surface area contributed by atoms with Gasteiger partial charge < -0.3 is 4.90 Å². The molecule has 1 fully saturated rings. The highest BCUT2D eigenvalue weighted by Crippen LogP contribution is 2.23. The van der Waals surface area contributed by atoms with Crippen LogP contribution in [0.15, 0.2) is 47.4 Å². The molecule has 0 bridgehead atoms. The minimum Gasteiger partial charge on any atom is -0.336 e. The normalized spacial score (nSPS) is 15.9. The average molecular weight is 417 g/mol. The van der Waals surface area contributed by atoms with Gasteiger partial charge in [-0.25, -0.2) is 12.8 Å². The van der Waals surface area contributed by atoms with Crippen LogP contribution in [0.25, 0.3) is 0 Å². The molecule has 1 heterocycles. The van der Waals surface area contributed by atoms with Gasteiger partial charge in [0.2, 0.25) is 10.0 Å². The number of sulfonamides is 1. The molecule has 0 saturated carbocycles. The molecule has 0 N–H and O–H groups in total. The van der Waals surface area contributed by atoms with Crippen molar-refractivity contribution in [2.45, 2.75) is 4.90 Å². The Balaban J connectivity index is 1.73. The molecule has 9 heteroatoms. The molecule has 0 aromatic heterocycles. The number of carbonyl (C=O) groups excluding carboxylic acids is 1. The SMILES string of the molecule is O=C(c1c(F)cccc1Cl)N1CCN(S(=O)(=O)c2ccc(Cl)cc2)CC1. The predicted molar refractivity (Wildman–Crippen MR) is 97.5 cm³/mol. The zero-order chi connectivity index (χ0) is 18.9. The van der Waals surface area contributed by atoms with Crippen LogP contribution >= 0.6 is 23.2 Å². The molecule has 0 unspecified atom stereocenters. The highest BCUT2D eigenvalue weighted by atomic mass is 35.5. The van der Waals surface area contributed by atoms with Crippen molar-refractivity contribution in [3.8, 4) is 0 Å². The maximum Gasteiger partial charge on any atom is 0.258 e. The maximum absolute atomic E-state index is 13.9. The van der Waals surface area contributed by atoms with E-state index in [2.05, 4.69) is 0 Å². The number of nitrogens with zero attached hydrogens (tertiary/aromatic N) is 2. The quantitative estimate of drug-likeness (QED) is 0.771. The van der Waals surface area contributed by atoms with Gasteiger partial charge in [-0.1, -0.05) is 29.3 Å². The van der Waals surface area contributed by atoms with Crippen LogP contribution in [0.4, 0.5) is 4.39 Å². The first kappa shape index (κ1) is 19.1. The summed E-state index contributed by atoms with van der Waals surface area (Å²) in [5.41, 5.74) is -0.192. The molecule has 1 saturated heterocycles. The number of hydrogen-bond donors (Lipinski definition) is 0. The summed E-state index contributed by atoms with van der Waals surface area (Å²) in [6.45, 7) is 0.526. The second-order valence-corrected chi connectivity index (χ2v) is 8.53. The Hall–Kier alpha value is -1.67. The minimum absolute atomic E-state index is 0.0335. The number of amides is 1. The average Bonchev–Trinajstić information content (AvgIpc) is 2.62.